The van der Waals surface area contributed by atoms with Gasteiger partial charge in [-0.15, -0.1) is 0 Å². The molecule has 0 spiro atoms. The Balaban J connectivity index is 1.81. The van der Waals surface area contributed by atoms with Gasteiger partial charge >= 0.3 is 5.97 Å². The summed E-state index contributed by atoms with van der Waals surface area (Å²) >= 11 is 0. The minimum absolute atomic E-state index is 0.0511. The molecule has 0 unspecified atom stereocenters. The van der Waals surface area contributed by atoms with Gasteiger partial charge in [0.2, 0.25) is 5.91 Å². The van der Waals surface area contributed by atoms with Crippen molar-refractivity contribution in [2.45, 2.75) is 19.4 Å². The highest BCUT2D eigenvalue weighted by Crippen LogP contribution is 2.18. The van der Waals surface area contributed by atoms with Gasteiger partial charge in [-0.25, -0.2) is 4.39 Å². The maximum atomic E-state index is 13.6. The number of carbonyl (C=O) groups excluding carboxylic acids is 2. The van der Waals surface area contributed by atoms with E-state index in [1.54, 1.807) is 25.2 Å². The molecule has 1 fully saturated rings. The van der Waals surface area contributed by atoms with Crippen LogP contribution in [0.1, 0.15) is 18.4 Å². The van der Waals surface area contributed by atoms with Gasteiger partial charge in [0.15, 0.2) is 0 Å². The van der Waals surface area contributed by atoms with E-state index < -0.39 is 0 Å². The molecule has 1 aromatic rings. The maximum Gasteiger partial charge on any atom is 0.308 e. The van der Waals surface area contributed by atoms with Crippen molar-refractivity contribution in [1.29, 1.82) is 0 Å². The van der Waals surface area contributed by atoms with Crippen molar-refractivity contribution in [2.75, 3.05) is 33.8 Å². The summed E-state index contributed by atoms with van der Waals surface area (Å²) in [5.41, 5.74) is 0.507. The third-order valence-electron chi connectivity index (χ3n) is 4.27. The largest absolute Gasteiger partial charge is 0.469 e. The zero-order valence-corrected chi connectivity index (χ0v) is 13.6. The molecule has 0 aromatic heterocycles. The van der Waals surface area contributed by atoms with Crippen LogP contribution >= 0.6 is 0 Å². The predicted octanol–water partition coefficient (Wildman–Crippen LogP) is 1.67. The van der Waals surface area contributed by atoms with Crippen LogP contribution in [0.5, 0.6) is 0 Å². The Morgan fingerprint density at radius 3 is 2.57 bits per heavy atom. The van der Waals surface area contributed by atoms with Gasteiger partial charge in [0, 0.05) is 19.2 Å². The number of methoxy groups -OCH3 is 1. The number of nitrogens with zero attached hydrogens (tertiary/aromatic N) is 2. The van der Waals surface area contributed by atoms with E-state index in [0.717, 1.165) is 0 Å². The van der Waals surface area contributed by atoms with Crippen molar-refractivity contribution < 1.29 is 18.7 Å². The fourth-order valence-corrected chi connectivity index (χ4v) is 2.78. The van der Waals surface area contributed by atoms with E-state index in [1.807, 2.05) is 4.90 Å². The highest BCUT2D eigenvalue weighted by molar-refractivity contribution is 5.78. The van der Waals surface area contributed by atoms with Gasteiger partial charge in [-0.3, -0.25) is 14.5 Å². The van der Waals surface area contributed by atoms with Gasteiger partial charge in [0.05, 0.1) is 19.6 Å². The summed E-state index contributed by atoms with van der Waals surface area (Å²) in [7, 11) is 3.08. The predicted molar refractivity (Wildman–Crippen MR) is 84.1 cm³/mol. The second-order valence-electron chi connectivity index (χ2n) is 5.91. The van der Waals surface area contributed by atoms with Crippen LogP contribution < -0.4 is 0 Å². The third-order valence-corrected chi connectivity index (χ3v) is 4.27. The van der Waals surface area contributed by atoms with Crippen LogP contribution in [0.3, 0.4) is 0 Å². The number of esters is 1. The van der Waals surface area contributed by atoms with Crippen LogP contribution in [0, 0.1) is 11.7 Å². The van der Waals surface area contributed by atoms with Crippen molar-refractivity contribution in [3.05, 3.63) is 35.6 Å². The lowest BCUT2D eigenvalue weighted by molar-refractivity contribution is -0.147. The molecule has 126 valence electrons. The van der Waals surface area contributed by atoms with Gasteiger partial charge in [0.1, 0.15) is 5.82 Å². The van der Waals surface area contributed by atoms with Crippen LogP contribution in [-0.4, -0.2) is 55.5 Å². The molecule has 0 aliphatic carbocycles. The molecule has 1 heterocycles. The number of carbonyl (C=O) groups is 2. The average molecular weight is 322 g/mol. The number of hydrogen-bond donors (Lipinski definition) is 0. The molecule has 23 heavy (non-hydrogen) atoms. The standard InChI is InChI=1S/C17H23FN2O3/c1-19(11-14-5-3-4-6-15(14)18)16(21)12-20-9-7-13(8-10-20)17(22)23-2/h3-6,13H,7-12H2,1-2H3. The summed E-state index contributed by atoms with van der Waals surface area (Å²) in [5.74, 6) is -0.592. The van der Waals surface area contributed by atoms with Gasteiger partial charge in [-0.1, -0.05) is 18.2 Å². The first kappa shape index (κ1) is 17.4. The van der Waals surface area contributed by atoms with Crippen molar-refractivity contribution in [2.24, 2.45) is 5.92 Å². The van der Waals surface area contributed by atoms with Gasteiger partial charge in [-0.05, 0) is 32.0 Å². The Labute approximate surface area is 136 Å². The molecule has 1 aliphatic heterocycles. The molecule has 0 bridgehead atoms. The summed E-state index contributed by atoms with van der Waals surface area (Å²) < 4.78 is 18.4. The van der Waals surface area contributed by atoms with Crippen molar-refractivity contribution in [1.82, 2.24) is 9.80 Å². The SMILES string of the molecule is COC(=O)C1CCN(CC(=O)N(C)Cc2ccccc2F)CC1. The highest BCUT2D eigenvalue weighted by atomic mass is 19.1. The molecule has 0 radical (unpaired) electrons. The second-order valence-corrected chi connectivity index (χ2v) is 5.91. The Morgan fingerprint density at radius 1 is 1.30 bits per heavy atom. The lowest BCUT2D eigenvalue weighted by Gasteiger charge is -2.31. The molecular weight excluding hydrogens is 299 g/mol. The zero-order valence-electron chi connectivity index (χ0n) is 13.6. The maximum absolute atomic E-state index is 13.6. The molecule has 1 aromatic carbocycles. The van der Waals surface area contributed by atoms with Crippen molar-refractivity contribution in [3.8, 4) is 0 Å². The summed E-state index contributed by atoms with van der Waals surface area (Å²) in [6, 6.07) is 6.46. The number of halogens is 1. The number of likely N-dealkylation sites (tertiary alicyclic amines) is 1. The van der Waals surface area contributed by atoms with E-state index in [4.69, 9.17) is 4.74 Å². The van der Waals surface area contributed by atoms with Crippen LogP contribution in [-0.2, 0) is 20.9 Å². The Morgan fingerprint density at radius 2 is 1.96 bits per heavy atom. The second kappa shape index (κ2) is 8.06. The molecular formula is C17H23FN2O3. The number of ether oxygens (including phenoxy) is 1. The normalized spacial score (nSPS) is 16.1. The van der Waals surface area contributed by atoms with E-state index in [0.29, 0.717) is 38.0 Å². The third kappa shape index (κ3) is 4.76. The minimum Gasteiger partial charge on any atom is -0.469 e. The molecule has 1 saturated heterocycles. The summed E-state index contributed by atoms with van der Waals surface area (Å²) in [5, 5.41) is 0. The molecule has 0 N–H and O–H groups in total. The minimum atomic E-state index is -0.300. The number of piperidine rings is 1. The summed E-state index contributed by atoms with van der Waals surface area (Å²) in [4.78, 5) is 27.3. The smallest absolute Gasteiger partial charge is 0.308 e. The Hall–Kier alpha value is -1.95. The first-order valence-electron chi connectivity index (χ1n) is 7.78. The van der Waals surface area contributed by atoms with E-state index >= 15 is 0 Å². The van der Waals surface area contributed by atoms with E-state index in [1.165, 1.54) is 18.1 Å². The molecule has 1 aliphatic rings. The lowest BCUT2D eigenvalue weighted by Crippen LogP contribution is -2.43. The van der Waals surface area contributed by atoms with Crippen LogP contribution in [0.15, 0.2) is 24.3 Å². The topological polar surface area (TPSA) is 49.9 Å². The Kier molecular flexibility index (Phi) is 6.10. The monoisotopic (exact) mass is 322 g/mol. The van der Waals surface area contributed by atoms with Crippen molar-refractivity contribution in [3.63, 3.8) is 0 Å². The zero-order chi connectivity index (χ0) is 16.8. The van der Waals surface area contributed by atoms with Gasteiger partial charge in [0.25, 0.3) is 0 Å². The number of benzene rings is 1. The quantitative estimate of drug-likeness (QED) is 0.774. The van der Waals surface area contributed by atoms with E-state index in [9.17, 15) is 14.0 Å². The number of amides is 1. The van der Waals surface area contributed by atoms with Crippen LogP contribution in [0.2, 0.25) is 0 Å². The molecule has 5 nitrogen and oxygen atoms in total. The fraction of sp³-hybridized carbons (Fsp3) is 0.529. The molecule has 2 rings (SSSR count). The van der Waals surface area contributed by atoms with Gasteiger partial charge < -0.3 is 9.64 Å². The lowest BCUT2D eigenvalue weighted by atomic mass is 9.97. The van der Waals surface area contributed by atoms with Gasteiger partial charge in [-0.2, -0.15) is 0 Å². The summed E-state index contributed by atoms with van der Waals surface area (Å²) in [6.07, 6.45) is 1.41. The molecule has 6 heteroatoms. The first-order chi connectivity index (χ1) is 11.0. The number of hydrogen-bond acceptors (Lipinski definition) is 4. The molecule has 0 saturated carbocycles. The first-order valence-corrected chi connectivity index (χ1v) is 7.78. The average Bonchev–Trinajstić information content (AvgIpc) is 2.56. The van der Waals surface area contributed by atoms with E-state index in [-0.39, 0.29) is 30.2 Å². The summed E-state index contributed by atoms with van der Waals surface area (Å²) in [6.45, 7) is 1.93. The molecule has 0 atom stereocenters. The Bertz CT molecular complexity index is 557. The fourth-order valence-electron chi connectivity index (χ4n) is 2.78. The van der Waals surface area contributed by atoms with E-state index in [2.05, 4.69) is 0 Å². The van der Waals surface area contributed by atoms with Crippen LogP contribution in [0.4, 0.5) is 4.39 Å². The molecule has 1 amide bonds. The number of likely N-dealkylation sites (N-methyl/N-ethyl adjacent to an activating group) is 1. The van der Waals surface area contributed by atoms with Crippen LogP contribution in [0.25, 0.3) is 0 Å². The highest BCUT2D eigenvalue weighted by Gasteiger charge is 2.27. The number of rotatable bonds is 5. The van der Waals surface area contributed by atoms with Crippen molar-refractivity contribution >= 4 is 11.9 Å².